The van der Waals surface area contributed by atoms with E-state index < -0.39 is 0 Å². The fourth-order valence-corrected chi connectivity index (χ4v) is 7.85. The highest BCUT2D eigenvalue weighted by molar-refractivity contribution is 7.16. The lowest BCUT2D eigenvalue weighted by Gasteiger charge is -2.28. The molecule has 2 nitrogen and oxygen atoms in total. The van der Waals surface area contributed by atoms with Crippen molar-refractivity contribution in [1.82, 2.24) is 0 Å². The molecule has 1 fully saturated rings. The SMILES string of the molecule is CC1(C)c2ccccc2-c2cc(N3c4ccc(-c5ccc(/C=C/C=O)s5)cc4C4CCCC43)ccc21. The van der Waals surface area contributed by atoms with E-state index in [4.69, 9.17) is 0 Å². The lowest BCUT2D eigenvalue weighted by Crippen LogP contribution is -2.26. The molecular weight excluding hydrogens is 458 g/mol. The van der Waals surface area contributed by atoms with Crippen LogP contribution in [-0.4, -0.2) is 12.3 Å². The fourth-order valence-electron chi connectivity index (χ4n) is 6.94. The third-order valence-corrected chi connectivity index (χ3v) is 9.69. The zero-order chi connectivity index (χ0) is 24.4. The van der Waals surface area contributed by atoms with Crippen molar-refractivity contribution in [2.75, 3.05) is 4.90 Å². The first kappa shape index (κ1) is 21.8. The Labute approximate surface area is 216 Å². The summed E-state index contributed by atoms with van der Waals surface area (Å²) in [7, 11) is 0. The molecule has 2 unspecified atom stereocenters. The minimum Gasteiger partial charge on any atom is -0.337 e. The number of allylic oxidation sites excluding steroid dienone is 1. The normalized spacial score (nSPS) is 20.9. The molecule has 7 rings (SSSR count). The van der Waals surface area contributed by atoms with Gasteiger partial charge >= 0.3 is 0 Å². The molecular formula is C33H29NOS. The lowest BCUT2D eigenvalue weighted by molar-refractivity contribution is -0.104. The molecule has 1 aromatic heterocycles. The topological polar surface area (TPSA) is 20.3 Å². The molecule has 2 atom stereocenters. The van der Waals surface area contributed by atoms with E-state index in [1.54, 1.807) is 17.4 Å². The molecule has 178 valence electrons. The molecule has 1 saturated carbocycles. The van der Waals surface area contributed by atoms with Crippen LogP contribution in [0.4, 0.5) is 11.4 Å². The average molecular weight is 488 g/mol. The Bertz CT molecular complexity index is 1540. The Morgan fingerprint density at radius 2 is 1.78 bits per heavy atom. The van der Waals surface area contributed by atoms with E-state index in [0.717, 1.165) is 11.2 Å². The first-order valence-corrected chi connectivity index (χ1v) is 13.8. The van der Waals surface area contributed by atoms with Gasteiger partial charge in [-0.1, -0.05) is 56.7 Å². The minimum absolute atomic E-state index is 0.0403. The molecule has 3 aromatic carbocycles. The van der Waals surface area contributed by atoms with Gasteiger partial charge in [0, 0.05) is 38.5 Å². The third kappa shape index (κ3) is 3.12. The number of thiophene rings is 1. The van der Waals surface area contributed by atoms with Crippen LogP contribution in [0, 0.1) is 0 Å². The molecule has 4 aromatic rings. The zero-order valence-corrected chi connectivity index (χ0v) is 21.5. The van der Waals surface area contributed by atoms with E-state index in [0.29, 0.717) is 12.0 Å². The number of hydrogen-bond acceptors (Lipinski definition) is 3. The number of hydrogen-bond donors (Lipinski definition) is 0. The van der Waals surface area contributed by atoms with E-state index in [9.17, 15) is 4.79 Å². The van der Waals surface area contributed by atoms with Gasteiger partial charge in [-0.3, -0.25) is 4.79 Å². The maximum Gasteiger partial charge on any atom is 0.142 e. The number of benzene rings is 3. The summed E-state index contributed by atoms with van der Waals surface area (Å²) >= 11 is 1.74. The number of nitrogens with zero attached hydrogens (tertiary/aromatic N) is 1. The highest BCUT2D eigenvalue weighted by Crippen LogP contribution is 2.55. The first-order valence-electron chi connectivity index (χ1n) is 13.0. The smallest absolute Gasteiger partial charge is 0.142 e. The standard InChI is InChI=1S/C33H29NOS/c1-33(2)28-10-4-3-8-24(28)26-20-22(13-15-29(26)33)34-30-11-5-9-25(30)27-19-21(12-16-31(27)34)32-17-14-23(36-32)7-6-18-35/h3-4,6-8,10,12-20,25,30H,5,9,11H2,1-2H3/b7-6+. The van der Waals surface area contributed by atoms with Crippen molar-refractivity contribution in [2.24, 2.45) is 0 Å². The summed E-state index contributed by atoms with van der Waals surface area (Å²) in [6.07, 6.45) is 8.08. The quantitative estimate of drug-likeness (QED) is 0.212. The molecule has 0 bridgehead atoms. The monoisotopic (exact) mass is 487 g/mol. The van der Waals surface area contributed by atoms with Gasteiger partial charge in [0.2, 0.25) is 0 Å². The first-order chi connectivity index (χ1) is 17.6. The summed E-state index contributed by atoms with van der Waals surface area (Å²) < 4.78 is 0. The number of anilines is 2. The van der Waals surface area contributed by atoms with Gasteiger partial charge in [-0.15, -0.1) is 11.3 Å². The van der Waals surface area contributed by atoms with Crippen molar-refractivity contribution in [3.05, 3.63) is 100 Å². The molecule has 36 heavy (non-hydrogen) atoms. The molecule has 1 aliphatic heterocycles. The van der Waals surface area contributed by atoms with Gasteiger partial charge in [0.15, 0.2) is 0 Å². The van der Waals surface area contributed by atoms with E-state index in [1.807, 2.05) is 6.08 Å². The second kappa shape index (κ2) is 8.04. The van der Waals surface area contributed by atoms with Gasteiger partial charge in [-0.25, -0.2) is 0 Å². The van der Waals surface area contributed by atoms with Crippen LogP contribution in [0.15, 0.2) is 78.9 Å². The summed E-state index contributed by atoms with van der Waals surface area (Å²) in [5.41, 5.74) is 11.1. The van der Waals surface area contributed by atoms with Crippen LogP contribution in [0.3, 0.4) is 0 Å². The van der Waals surface area contributed by atoms with Crippen molar-refractivity contribution in [3.8, 4) is 21.6 Å². The van der Waals surface area contributed by atoms with Crippen LogP contribution < -0.4 is 4.90 Å². The largest absolute Gasteiger partial charge is 0.337 e. The van der Waals surface area contributed by atoms with E-state index in [-0.39, 0.29) is 5.41 Å². The van der Waals surface area contributed by atoms with Crippen LogP contribution in [0.2, 0.25) is 0 Å². The van der Waals surface area contributed by atoms with Crippen LogP contribution in [0.5, 0.6) is 0 Å². The summed E-state index contributed by atoms with van der Waals surface area (Å²) in [5, 5.41) is 0. The second-order valence-electron chi connectivity index (χ2n) is 10.8. The molecule has 2 heterocycles. The Morgan fingerprint density at radius 1 is 0.917 bits per heavy atom. The predicted octanol–water partition coefficient (Wildman–Crippen LogP) is 8.72. The maximum absolute atomic E-state index is 10.7. The molecule has 0 spiro atoms. The molecule has 0 saturated heterocycles. The van der Waals surface area contributed by atoms with Crippen LogP contribution >= 0.6 is 11.3 Å². The molecule has 3 aliphatic rings. The van der Waals surface area contributed by atoms with Gasteiger partial charge in [0.05, 0.1) is 0 Å². The third-order valence-electron chi connectivity index (χ3n) is 8.59. The van der Waals surface area contributed by atoms with Crippen molar-refractivity contribution in [2.45, 2.75) is 50.5 Å². The fraction of sp³-hybridized carbons (Fsp3) is 0.242. The average Bonchev–Trinajstić information content (AvgIpc) is 3.66. The van der Waals surface area contributed by atoms with E-state index >= 15 is 0 Å². The zero-order valence-electron chi connectivity index (χ0n) is 20.7. The Kier molecular flexibility index (Phi) is 4.87. The second-order valence-corrected chi connectivity index (χ2v) is 12.0. The van der Waals surface area contributed by atoms with E-state index in [1.165, 1.54) is 68.9 Å². The van der Waals surface area contributed by atoms with Gasteiger partial charge in [0.1, 0.15) is 6.29 Å². The van der Waals surface area contributed by atoms with Crippen LogP contribution in [0.1, 0.15) is 60.6 Å². The highest BCUT2D eigenvalue weighted by Gasteiger charge is 2.43. The summed E-state index contributed by atoms with van der Waals surface area (Å²) in [5.74, 6) is 0.589. The molecule has 0 N–H and O–H groups in total. The Balaban J connectivity index is 1.31. The van der Waals surface area contributed by atoms with Gasteiger partial charge < -0.3 is 4.90 Å². The maximum atomic E-state index is 10.7. The van der Waals surface area contributed by atoms with Crippen molar-refractivity contribution >= 4 is 35.1 Å². The van der Waals surface area contributed by atoms with Crippen LogP contribution in [0.25, 0.3) is 27.6 Å². The highest BCUT2D eigenvalue weighted by atomic mass is 32.1. The summed E-state index contributed by atoms with van der Waals surface area (Å²) in [6, 6.07) is 28.0. The van der Waals surface area contributed by atoms with Gasteiger partial charge in [0.25, 0.3) is 0 Å². The van der Waals surface area contributed by atoms with Gasteiger partial charge in [-0.2, -0.15) is 0 Å². The van der Waals surface area contributed by atoms with E-state index in [2.05, 4.69) is 91.5 Å². The number of aldehydes is 1. The molecule has 3 heteroatoms. The number of rotatable bonds is 4. The van der Waals surface area contributed by atoms with Crippen LogP contribution in [-0.2, 0) is 10.2 Å². The minimum atomic E-state index is 0.0403. The molecule has 2 aliphatic carbocycles. The number of carbonyl (C=O) groups is 1. The Morgan fingerprint density at radius 3 is 2.67 bits per heavy atom. The Hall–Kier alpha value is -3.43. The summed E-state index contributed by atoms with van der Waals surface area (Å²) in [4.78, 5) is 15.7. The number of fused-ring (bicyclic) bond motifs is 6. The van der Waals surface area contributed by atoms with Crippen molar-refractivity contribution in [3.63, 3.8) is 0 Å². The lowest BCUT2D eigenvalue weighted by atomic mass is 9.82. The van der Waals surface area contributed by atoms with Gasteiger partial charge in [-0.05, 0) is 94.8 Å². The predicted molar refractivity (Wildman–Crippen MR) is 151 cm³/mol. The molecule has 0 amide bonds. The number of carbonyl (C=O) groups excluding carboxylic acids is 1. The molecule has 0 radical (unpaired) electrons. The van der Waals surface area contributed by atoms with Crippen molar-refractivity contribution < 1.29 is 4.79 Å². The van der Waals surface area contributed by atoms with Crippen molar-refractivity contribution in [1.29, 1.82) is 0 Å². The summed E-state index contributed by atoms with van der Waals surface area (Å²) in [6.45, 7) is 4.70.